The summed E-state index contributed by atoms with van der Waals surface area (Å²) in [4.78, 5) is 26.6. The molecule has 0 aliphatic carbocycles. The molecule has 1 heterocycles. The Bertz CT molecular complexity index is 684. The predicted octanol–water partition coefficient (Wildman–Crippen LogP) is 2.78. The molecule has 108 valence electrons. The average Bonchev–Trinajstić information content (AvgIpc) is 2.47. The van der Waals surface area contributed by atoms with E-state index < -0.39 is 5.97 Å². The van der Waals surface area contributed by atoms with Crippen LogP contribution in [0.1, 0.15) is 32.0 Å². The van der Waals surface area contributed by atoms with E-state index in [2.05, 4.69) is 26.2 Å². The van der Waals surface area contributed by atoms with Gasteiger partial charge in [-0.1, -0.05) is 28.1 Å². The van der Waals surface area contributed by atoms with Crippen LogP contribution in [0.15, 0.2) is 41.0 Å². The van der Waals surface area contributed by atoms with Crippen molar-refractivity contribution in [2.45, 2.75) is 13.5 Å². The summed E-state index contributed by atoms with van der Waals surface area (Å²) in [7, 11) is 0. The SMILES string of the molecule is Cc1ccc(Br)cc1C(=O)NCc1ccc(C(=O)O)nc1. The molecular weight excluding hydrogens is 336 g/mol. The number of pyridine rings is 1. The number of aryl methyl sites for hydroxylation is 1. The summed E-state index contributed by atoms with van der Waals surface area (Å²) in [6.45, 7) is 2.16. The summed E-state index contributed by atoms with van der Waals surface area (Å²) < 4.78 is 0.839. The molecule has 0 unspecified atom stereocenters. The average molecular weight is 349 g/mol. The lowest BCUT2D eigenvalue weighted by atomic mass is 10.1. The van der Waals surface area contributed by atoms with E-state index in [9.17, 15) is 9.59 Å². The molecule has 0 aliphatic rings. The van der Waals surface area contributed by atoms with Crippen LogP contribution in [0.25, 0.3) is 0 Å². The molecule has 1 aromatic carbocycles. The highest BCUT2D eigenvalue weighted by Gasteiger charge is 2.10. The molecule has 1 amide bonds. The van der Waals surface area contributed by atoms with E-state index in [1.54, 1.807) is 12.1 Å². The van der Waals surface area contributed by atoms with E-state index in [4.69, 9.17) is 5.11 Å². The van der Waals surface area contributed by atoms with Gasteiger partial charge in [-0.05, 0) is 36.2 Å². The zero-order valence-corrected chi connectivity index (χ0v) is 12.8. The number of aromatic nitrogens is 1. The molecule has 0 fully saturated rings. The third kappa shape index (κ3) is 3.88. The van der Waals surface area contributed by atoms with Crippen molar-refractivity contribution in [3.8, 4) is 0 Å². The molecule has 0 bridgehead atoms. The van der Waals surface area contributed by atoms with Crippen LogP contribution in [0, 0.1) is 6.92 Å². The topological polar surface area (TPSA) is 79.3 Å². The zero-order chi connectivity index (χ0) is 15.4. The van der Waals surface area contributed by atoms with Crippen molar-refractivity contribution in [1.82, 2.24) is 10.3 Å². The molecule has 0 radical (unpaired) electrons. The maximum absolute atomic E-state index is 12.1. The Hall–Kier alpha value is -2.21. The second-order valence-electron chi connectivity index (χ2n) is 4.50. The van der Waals surface area contributed by atoms with Gasteiger partial charge in [-0.25, -0.2) is 9.78 Å². The van der Waals surface area contributed by atoms with Gasteiger partial charge in [0.1, 0.15) is 5.69 Å². The monoisotopic (exact) mass is 348 g/mol. The highest BCUT2D eigenvalue weighted by molar-refractivity contribution is 9.10. The van der Waals surface area contributed by atoms with E-state index in [-0.39, 0.29) is 18.1 Å². The molecule has 2 aromatic rings. The Morgan fingerprint density at radius 1 is 1.29 bits per heavy atom. The van der Waals surface area contributed by atoms with E-state index in [0.29, 0.717) is 5.56 Å². The lowest BCUT2D eigenvalue weighted by Crippen LogP contribution is -2.23. The molecule has 6 heteroatoms. The van der Waals surface area contributed by atoms with Gasteiger partial charge in [0.2, 0.25) is 0 Å². The molecule has 0 atom stereocenters. The summed E-state index contributed by atoms with van der Waals surface area (Å²) >= 11 is 3.34. The molecular formula is C15H13BrN2O3. The Morgan fingerprint density at radius 2 is 2.05 bits per heavy atom. The van der Waals surface area contributed by atoms with Crippen LogP contribution in [-0.4, -0.2) is 22.0 Å². The minimum Gasteiger partial charge on any atom is -0.477 e. The summed E-state index contributed by atoms with van der Waals surface area (Å²) in [5, 5.41) is 11.5. The minimum absolute atomic E-state index is 0.0205. The largest absolute Gasteiger partial charge is 0.477 e. The fraction of sp³-hybridized carbons (Fsp3) is 0.133. The van der Waals surface area contributed by atoms with Crippen LogP contribution in [-0.2, 0) is 6.54 Å². The zero-order valence-electron chi connectivity index (χ0n) is 11.3. The molecule has 2 N–H and O–H groups in total. The number of halogens is 1. The smallest absolute Gasteiger partial charge is 0.354 e. The summed E-state index contributed by atoms with van der Waals surface area (Å²) in [5.74, 6) is -1.26. The van der Waals surface area contributed by atoms with Crippen LogP contribution < -0.4 is 5.32 Å². The van der Waals surface area contributed by atoms with Crippen molar-refractivity contribution in [2.24, 2.45) is 0 Å². The maximum Gasteiger partial charge on any atom is 0.354 e. The fourth-order valence-electron chi connectivity index (χ4n) is 1.77. The van der Waals surface area contributed by atoms with Crippen LogP contribution >= 0.6 is 15.9 Å². The first-order valence-electron chi connectivity index (χ1n) is 6.20. The number of amides is 1. The number of hydrogen-bond donors (Lipinski definition) is 2. The highest BCUT2D eigenvalue weighted by atomic mass is 79.9. The molecule has 0 saturated carbocycles. The fourth-order valence-corrected chi connectivity index (χ4v) is 2.13. The van der Waals surface area contributed by atoms with Gasteiger partial charge in [0.15, 0.2) is 0 Å². The van der Waals surface area contributed by atoms with Gasteiger partial charge in [0.05, 0.1) is 0 Å². The first-order valence-corrected chi connectivity index (χ1v) is 6.99. The normalized spacial score (nSPS) is 10.2. The third-order valence-corrected chi connectivity index (χ3v) is 3.43. The van der Waals surface area contributed by atoms with Gasteiger partial charge in [-0.3, -0.25) is 4.79 Å². The minimum atomic E-state index is -1.07. The second kappa shape index (κ2) is 6.49. The number of nitrogens with one attached hydrogen (secondary N) is 1. The lowest BCUT2D eigenvalue weighted by Gasteiger charge is -2.08. The molecule has 0 spiro atoms. The van der Waals surface area contributed by atoms with E-state index >= 15 is 0 Å². The molecule has 0 saturated heterocycles. The number of carboxylic acids is 1. The highest BCUT2D eigenvalue weighted by Crippen LogP contribution is 2.16. The number of carbonyl (C=O) groups excluding carboxylic acids is 1. The maximum atomic E-state index is 12.1. The number of carboxylic acid groups (broad SMARTS) is 1. The van der Waals surface area contributed by atoms with Crippen LogP contribution in [0.5, 0.6) is 0 Å². The van der Waals surface area contributed by atoms with Gasteiger partial charge in [-0.2, -0.15) is 0 Å². The molecule has 5 nitrogen and oxygen atoms in total. The second-order valence-corrected chi connectivity index (χ2v) is 5.41. The van der Waals surface area contributed by atoms with Gasteiger partial charge in [-0.15, -0.1) is 0 Å². The molecule has 21 heavy (non-hydrogen) atoms. The van der Waals surface area contributed by atoms with E-state index in [1.807, 2.05) is 19.1 Å². The standard InChI is InChI=1S/C15H13BrN2O3/c1-9-2-4-11(16)6-12(9)14(19)18-8-10-3-5-13(15(20)21)17-7-10/h2-7H,8H2,1H3,(H,18,19)(H,20,21). The van der Waals surface area contributed by atoms with Gasteiger partial charge >= 0.3 is 5.97 Å². The van der Waals surface area contributed by atoms with Crippen LogP contribution in [0.4, 0.5) is 0 Å². The van der Waals surface area contributed by atoms with Crippen molar-refractivity contribution in [2.75, 3.05) is 0 Å². The molecule has 1 aromatic heterocycles. The Labute approximate surface area is 130 Å². The van der Waals surface area contributed by atoms with Gasteiger partial charge < -0.3 is 10.4 Å². The first kappa shape index (κ1) is 15.2. The van der Waals surface area contributed by atoms with Crippen LogP contribution in [0.3, 0.4) is 0 Å². The Morgan fingerprint density at radius 3 is 2.67 bits per heavy atom. The van der Waals surface area contributed by atoms with Gasteiger partial charge in [0.25, 0.3) is 5.91 Å². The van der Waals surface area contributed by atoms with Crippen LogP contribution in [0.2, 0.25) is 0 Å². The molecule has 0 aliphatic heterocycles. The Kier molecular flexibility index (Phi) is 4.70. The Balaban J connectivity index is 2.04. The van der Waals surface area contributed by atoms with Crippen molar-refractivity contribution >= 4 is 27.8 Å². The summed E-state index contributed by atoms with van der Waals surface area (Å²) in [6, 6.07) is 8.54. The predicted molar refractivity (Wildman–Crippen MR) is 81.2 cm³/mol. The first-order chi connectivity index (χ1) is 9.97. The summed E-state index contributed by atoms with van der Waals surface area (Å²) in [6.07, 6.45) is 1.44. The lowest BCUT2D eigenvalue weighted by molar-refractivity contribution is 0.0690. The number of nitrogens with zero attached hydrogens (tertiary/aromatic N) is 1. The quantitative estimate of drug-likeness (QED) is 0.890. The van der Waals surface area contributed by atoms with Crippen molar-refractivity contribution < 1.29 is 14.7 Å². The number of carbonyl (C=O) groups is 2. The molecule has 2 rings (SSSR count). The van der Waals surface area contributed by atoms with E-state index in [1.165, 1.54) is 12.3 Å². The number of aromatic carboxylic acids is 1. The summed E-state index contributed by atoms with van der Waals surface area (Å²) in [5.41, 5.74) is 2.20. The third-order valence-electron chi connectivity index (χ3n) is 2.94. The number of hydrogen-bond acceptors (Lipinski definition) is 3. The number of rotatable bonds is 4. The van der Waals surface area contributed by atoms with Gasteiger partial charge in [0, 0.05) is 22.8 Å². The van der Waals surface area contributed by atoms with Crippen molar-refractivity contribution in [3.63, 3.8) is 0 Å². The van der Waals surface area contributed by atoms with E-state index in [0.717, 1.165) is 15.6 Å². The van der Waals surface area contributed by atoms with Crippen molar-refractivity contribution in [3.05, 3.63) is 63.4 Å². The number of benzene rings is 1. The van der Waals surface area contributed by atoms with Crippen molar-refractivity contribution in [1.29, 1.82) is 0 Å².